The van der Waals surface area contributed by atoms with Crippen LogP contribution in [0.5, 0.6) is 0 Å². The Bertz CT molecular complexity index is 605. The summed E-state index contributed by atoms with van der Waals surface area (Å²) in [4.78, 5) is 23.3. The Morgan fingerprint density at radius 1 is 1.32 bits per heavy atom. The number of nitriles is 1. The summed E-state index contributed by atoms with van der Waals surface area (Å²) in [6, 6.07) is 4.19. The maximum Gasteiger partial charge on any atom is 0.338 e. The summed E-state index contributed by atoms with van der Waals surface area (Å²) in [5, 5.41) is 11.5. The number of hydrogen-bond acceptors (Lipinski definition) is 4. The van der Waals surface area contributed by atoms with Gasteiger partial charge >= 0.3 is 5.97 Å². The van der Waals surface area contributed by atoms with Crippen molar-refractivity contribution >= 4 is 11.9 Å². The SMILES string of the molecule is CC(C)[C@](C)(C#N)NC(=O)COC(=O)c1cc(F)cc(F)c1. The van der Waals surface area contributed by atoms with Crippen LogP contribution < -0.4 is 5.32 Å². The first-order chi connectivity index (χ1) is 10.2. The average Bonchev–Trinajstić information content (AvgIpc) is 2.43. The van der Waals surface area contributed by atoms with Gasteiger partial charge in [-0.25, -0.2) is 13.6 Å². The maximum atomic E-state index is 13.0. The van der Waals surface area contributed by atoms with E-state index in [0.29, 0.717) is 6.07 Å². The molecule has 0 unspecified atom stereocenters. The summed E-state index contributed by atoms with van der Waals surface area (Å²) in [6.07, 6.45) is 0. The summed E-state index contributed by atoms with van der Waals surface area (Å²) >= 11 is 0. The number of benzene rings is 1. The van der Waals surface area contributed by atoms with Crippen molar-refractivity contribution in [2.24, 2.45) is 5.92 Å². The second-order valence-electron chi connectivity index (χ2n) is 5.25. The Balaban J connectivity index is 2.64. The van der Waals surface area contributed by atoms with Gasteiger partial charge in [-0.15, -0.1) is 0 Å². The van der Waals surface area contributed by atoms with Gasteiger partial charge in [-0.1, -0.05) is 13.8 Å². The van der Waals surface area contributed by atoms with E-state index in [1.54, 1.807) is 20.8 Å². The van der Waals surface area contributed by atoms with Crippen molar-refractivity contribution in [2.75, 3.05) is 6.61 Å². The van der Waals surface area contributed by atoms with Crippen LogP contribution in [0.1, 0.15) is 31.1 Å². The van der Waals surface area contributed by atoms with Gasteiger partial charge in [0.15, 0.2) is 6.61 Å². The van der Waals surface area contributed by atoms with Gasteiger partial charge in [0.1, 0.15) is 17.2 Å². The molecule has 0 bridgehead atoms. The van der Waals surface area contributed by atoms with Crippen LogP contribution in [0, 0.1) is 28.9 Å². The molecule has 0 spiro atoms. The van der Waals surface area contributed by atoms with Crippen molar-refractivity contribution in [3.8, 4) is 6.07 Å². The molecule has 0 aromatic heterocycles. The van der Waals surface area contributed by atoms with E-state index in [2.05, 4.69) is 10.1 Å². The molecule has 5 nitrogen and oxygen atoms in total. The van der Waals surface area contributed by atoms with Crippen LogP contribution in [0.2, 0.25) is 0 Å². The molecule has 0 aliphatic heterocycles. The van der Waals surface area contributed by atoms with Crippen LogP contribution in [-0.4, -0.2) is 24.0 Å². The quantitative estimate of drug-likeness (QED) is 0.845. The molecule has 7 heteroatoms. The van der Waals surface area contributed by atoms with Gasteiger partial charge in [0.05, 0.1) is 11.6 Å². The Labute approximate surface area is 126 Å². The number of esters is 1. The number of carbonyl (C=O) groups excluding carboxylic acids is 2. The minimum Gasteiger partial charge on any atom is -0.452 e. The van der Waals surface area contributed by atoms with Gasteiger partial charge in [-0.2, -0.15) is 5.26 Å². The zero-order valence-electron chi connectivity index (χ0n) is 12.4. The van der Waals surface area contributed by atoms with Crippen molar-refractivity contribution in [3.05, 3.63) is 35.4 Å². The van der Waals surface area contributed by atoms with Gasteiger partial charge < -0.3 is 10.1 Å². The highest BCUT2D eigenvalue weighted by Crippen LogP contribution is 2.15. The standard InChI is InChI=1S/C15H16F2N2O3/c1-9(2)15(3,8-18)19-13(20)7-22-14(21)10-4-11(16)6-12(17)5-10/h4-6,9H,7H2,1-3H3,(H,19,20)/t15-/m0/s1. The van der Waals surface area contributed by atoms with Crippen molar-refractivity contribution in [2.45, 2.75) is 26.3 Å². The molecule has 0 fully saturated rings. The third-order valence-electron chi connectivity index (χ3n) is 3.22. The summed E-state index contributed by atoms with van der Waals surface area (Å²) in [6.45, 7) is 4.40. The summed E-state index contributed by atoms with van der Waals surface area (Å²) in [7, 11) is 0. The summed E-state index contributed by atoms with van der Waals surface area (Å²) in [5.41, 5.74) is -1.44. The van der Waals surface area contributed by atoms with E-state index in [4.69, 9.17) is 5.26 Å². The molecule has 22 heavy (non-hydrogen) atoms. The number of ether oxygens (including phenoxy) is 1. The lowest BCUT2D eigenvalue weighted by Crippen LogP contribution is -2.50. The molecule has 1 N–H and O–H groups in total. The lowest BCUT2D eigenvalue weighted by atomic mass is 9.90. The van der Waals surface area contributed by atoms with Crippen LogP contribution in [-0.2, 0) is 9.53 Å². The lowest BCUT2D eigenvalue weighted by Gasteiger charge is -2.27. The zero-order chi connectivity index (χ0) is 16.9. The molecule has 1 aromatic rings. The fourth-order valence-corrected chi connectivity index (χ4v) is 1.51. The largest absolute Gasteiger partial charge is 0.452 e. The fraction of sp³-hybridized carbons (Fsp3) is 0.400. The Hall–Kier alpha value is -2.49. The highest BCUT2D eigenvalue weighted by Gasteiger charge is 2.30. The average molecular weight is 310 g/mol. The van der Waals surface area contributed by atoms with E-state index in [1.165, 1.54) is 0 Å². The zero-order valence-corrected chi connectivity index (χ0v) is 12.4. The monoisotopic (exact) mass is 310 g/mol. The smallest absolute Gasteiger partial charge is 0.338 e. The highest BCUT2D eigenvalue weighted by molar-refractivity contribution is 5.91. The summed E-state index contributed by atoms with van der Waals surface area (Å²) < 4.78 is 30.6. The predicted octanol–water partition coefficient (Wildman–Crippen LogP) is 2.18. The van der Waals surface area contributed by atoms with Gasteiger partial charge in [0.2, 0.25) is 0 Å². The number of nitrogens with one attached hydrogen (secondary N) is 1. The van der Waals surface area contributed by atoms with Crippen LogP contribution >= 0.6 is 0 Å². The van der Waals surface area contributed by atoms with E-state index in [-0.39, 0.29) is 11.5 Å². The maximum absolute atomic E-state index is 13.0. The molecule has 0 radical (unpaired) electrons. The minimum absolute atomic E-state index is 0.158. The second kappa shape index (κ2) is 6.98. The van der Waals surface area contributed by atoms with E-state index >= 15 is 0 Å². The van der Waals surface area contributed by atoms with Crippen molar-refractivity contribution in [3.63, 3.8) is 0 Å². The number of rotatable bonds is 5. The number of nitrogens with zero attached hydrogens (tertiary/aromatic N) is 1. The van der Waals surface area contributed by atoms with Crippen LogP contribution in [0.25, 0.3) is 0 Å². The van der Waals surface area contributed by atoms with Crippen molar-refractivity contribution in [1.82, 2.24) is 5.32 Å². The van der Waals surface area contributed by atoms with Gasteiger partial charge in [-0.05, 0) is 25.0 Å². The van der Waals surface area contributed by atoms with Crippen molar-refractivity contribution < 1.29 is 23.1 Å². The van der Waals surface area contributed by atoms with Gasteiger partial charge in [0.25, 0.3) is 5.91 Å². The molecule has 1 aromatic carbocycles. The van der Waals surface area contributed by atoms with Crippen LogP contribution in [0.15, 0.2) is 18.2 Å². The third kappa shape index (κ3) is 4.52. The predicted molar refractivity (Wildman–Crippen MR) is 73.6 cm³/mol. The number of amides is 1. The topological polar surface area (TPSA) is 79.2 Å². The summed E-state index contributed by atoms with van der Waals surface area (Å²) in [5.74, 6) is -3.71. The first-order valence-corrected chi connectivity index (χ1v) is 6.53. The molecule has 118 valence electrons. The Kier molecular flexibility index (Phi) is 5.57. The van der Waals surface area contributed by atoms with Crippen LogP contribution in [0.4, 0.5) is 8.78 Å². The molecule has 1 rings (SSSR count). The molecule has 0 heterocycles. The van der Waals surface area contributed by atoms with E-state index in [0.717, 1.165) is 12.1 Å². The molecular formula is C15H16F2N2O3. The fourth-order valence-electron chi connectivity index (χ4n) is 1.51. The molecular weight excluding hydrogens is 294 g/mol. The minimum atomic E-state index is -1.10. The van der Waals surface area contributed by atoms with Gasteiger partial charge in [0, 0.05) is 6.07 Å². The van der Waals surface area contributed by atoms with Crippen LogP contribution in [0.3, 0.4) is 0 Å². The molecule has 1 amide bonds. The number of hydrogen-bond donors (Lipinski definition) is 1. The molecule has 0 saturated carbocycles. The first-order valence-electron chi connectivity index (χ1n) is 6.53. The third-order valence-corrected chi connectivity index (χ3v) is 3.22. The van der Waals surface area contributed by atoms with E-state index < -0.39 is 35.7 Å². The first kappa shape index (κ1) is 17.6. The molecule has 0 aliphatic rings. The molecule has 1 atom stereocenters. The highest BCUT2D eigenvalue weighted by atomic mass is 19.1. The number of halogens is 2. The molecule has 0 saturated heterocycles. The normalized spacial score (nSPS) is 13.1. The molecule has 0 aliphatic carbocycles. The van der Waals surface area contributed by atoms with E-state index in [9.17, 15) is 18.4 Å². The lowest BCUT2D eigenvalue weighted by molar-refractivity contribution is -0.125. The van der Waals surface area contributed by atoms with Gasteiger partial charge in [-0.3, -0.25) is 4.79 Å². The van der Waals surface area contributed by atoms with Crippen molar-refractivity contribution in [1.29, 1.82) is 5.26 Å². The number of carbonyl (C=O) groups is 2. The Morgan fingerprint density at radius 3 is 2.32 bits per heavy atom. The second-order valence-corrected chi connectivity index (χ2v) is 5.25. The van der Waals surface area contributed by atoms with E-state index in [1.807, 2.05) is 6.07 Å². The Morgan fingerprint density at radius 2 is 1.86 bits per heavy atom.